The lowest BCUT2D eigenvalue weighted by Gasteiger charge is -2.32. The van der Waals surface area contributed by atoms with E-state index < -0.39 is 10.0 Å². The average Bonchev–Trinajstić information content (AvgIpc) is 2.63. The van der Waals surface area contributed by atoms with Crippen molar-refractivity contribution in [3.05, 3.63) is 23.8 Å². The summed E-state index contributed by atoms with van der Waals surface area (Å²) in [5.41, 5.74) is 2.82. The third-order valence-electron chi connectivity index (χ3n) is 5.32. The summed E-state index contributed by atoms with van der Waals surface area (Å²) in [6, 6.07) is 5.88. The van der Waals surface area contributed by atoms with Crippen LogP contribution in [0.3, 0.4) is 0 Å². The standard InChI is InChI=1S/C20H33N3O3S/c1-5-22(6-2)18-12-13-19(16(3)14-18)21-20(24)15-23(27(4,25)26)17-10-8-7-9-11-17/h12-14,17H,5-11,15H2,1-4H3,(H,21,24). The monoisotopic (exact) mass is 395 g/mol. The Hall–Kier alpha value is -1.60. The zero-order valence-electron chi connectivity index (χ0n) is 17.0. The SMILES string of the molecule is CCN(CC)c1ccc(NC(=O)CN(C2CCCCC2)S(C)(=O)=O)c(C)c1. The second kappa shape index (κ2) is 9.55. The number of nitrogens with zero attached hydrogens (tertiary/aromatic N) is 2. The van der Waals surface area contributed by atoms with Gasteiger partial charge in [-0.15, -0.1) is 0 Å². The summed E-state index contributed by atoms with van der Waals surface area (Å²) >= 11 is 0. The maximum absolute atomic E-state index is 12.6. The van der Waals surface area contributed by atoms with Crippen molar-refractivity contribution in [1.29, 1.82) is 0 Å². The molecule has 6 nitrogen and oxygen atoms in total. The number of aryl methyl sites for hydroxylation is 1. The van der Waals surface area contributed by atoms with Crippen molar-refractivity contribution < 1.29 is 13.2 Å². The number of hydrogen-bond acceptors (Lipinski definition) is 4. The molecular weight excluding hydrogens is 362 g/mol. The van der Waals surface area contributed by atoms with Crippen LogP contribution in [0.25, 0.3) is 0 Å². The molecule has 1 fully saturated rings. The van der Waals surface area contributed by atoms with Crippen LogP contribution >= 0.6 is 0 Å². The van der Waals surface area contributed by atoms with Crippen molar-refractivity contribution in [3.63, 3.8) is 0 Å². The normalized spacial score (nSPS) is 15.7. The van der Waals surface area contributed by atoms with E-state index in [-0.39, 0.29) is 18.5 Å². The first kappa shape index (κ1) is 21.7. The third-order valence-corrected chi connectivity index (χ3v) is 6.60. The first-order chi connectivity index (χ1) is 12.8. The lowest BCUT2D eigenvalue weighted by Crippen LogP contribution is -2.45. The lowest BCUT2D eigenvalue weighted by molar-refractivity contribution is -0.116. The molecule has 1 amide bonds. The molecule has 0 saturated heterocycles. The van der Waals surface area contributed by atoms with Crippen molar-refractivity contribution in [3.8, 4) is 0 Å². The van der Waals surface area contributed by atoms with Gasteiger partial charge in [0.15, 0.2) is 0 Å². The van der Waals surface area contributed by atoms with Crippen LogP contribution < -0.4 is 10.2 Å². The van der Waals surface area contributed by atoms with Crippen molar-refractivity contribution >= 4 is 27.3 Å². The molecule has 0 aromatic heterocycles. The van der Waals surface area contributed by atoms with Gasteiger partial charge in [-0.2, -0.15) is 4.31 Å². The number of carbonyl (C=O) groups is 1. The van der Waals surface area contributed by atoms with Crippen LogP contribution in [-0.2, 0) is 14.8 Å². The molecule has 2 rings (SSSR count). The molecule has 1 saturated carbocycles. The van der Waals surface area contributed by atoms with Crippen LogP contribution in [0.5, 0.6) is 0 Å². The lowest BCUT2D eigenvalue weighted by atomic mass is 9.95. The number of anilines is 2. The van der Waals surface area contributed by atoms with Crippen LogP contribution in [0.4, 0.5) is 11.4 Å². The summed E-state index contributed by atoms with van der Waals surface area (Å²) in [5.74, 6) is -0.287. The molecule has 0 bridgehead atoms. The minimum absolute atomic E-state index is 0.0642. The van der Waals surface area contributed by atoms with E-state index in [1.54, 1.807) is 0 Å². The van der Waals surface area contributed by atoms with E-state index in [1.807, 2.05) is 19.1 Å². The number of benzene rings is 1. The average molecular weight is 396 g/mol. The smallest absolute Gasteiger partial charge is 0.239 e. The van der Waals surface area contributed by atoms with Gasteiger partial charge in [-0.1, -0.05) is 19.3 Å². The molecule has 0 atom stereocenters. The molecule has 1 N–H and O–H groups in total. The summed E-state index contributed by atoms with van der Waals surface area (Å²) in [6.07, 6.45) is 6.03. The zero-order valence-corrected chi connectivity index (χ0v) is 17.8. The number of amides is 1. The summed E-state index contributed by atoms with van der Waals surface area (Å²) in [7, 11) is -3.42. The zero-order chi connectivity index (χ0) is 20.0. The molecule has 1 aromatic rings. The predicted molar refractivity (Wildman–Crippen MR) is 112 cm³/mol. The van der Waals surface area contributed by atoms with Crippen LogP contribution in [0, 0.1) is 6.92 Å². The molecule has 7 heteroatoms. The molecule has 1 aromatic carbocycles. The van der Waals surface area contributed by atoms with Crippen molar-refractivity contribution in [2.75, 3.05) is 36.1 Å². The molecule has 0 radical (unpaired) electrons. The fraction of sp³-hybridized carbons (Fsp3) is 0.650. The van der Waals surface area contributed by atoms with Crippen molar-refractivity contribution in [2.45, 2.75) is 58.9 Å². The highest BCUT2D eigenvalue weighted by Gasteiger charge is 2.29. The Balaban J connectivity index is 2.09. The van der Waals surface area contributed by atoms with Gasteiger partial charge >= 0.3 is 0 Å². The molecule has 0 aliphatic heterocycles. The number of rotatable bonds is 8. The molecule has 0 heterocycles. The summed E-state index contributed by atoms with van der Waals surface area (Å²) < 4.78 is 25.8. The van der Waals surface area contributed by atoms with E-state index in [0.717, 1.165) is 62.1 Å². The number of sulfonamides is 1. The molecule has 1 aliphatic carbocycles. The summed E-state index contributed by atoms with van der Waals surface area (Å²) in [4.78, 5) is 14.8. The first-order valence-corrected chi connectivity index (χ1v) is 11.7. The van der Waals surface area contributed by atoms with Gasteiger partial charge in [0.05, 0.1) is 12.8 Å². The first-order valence-electron chi connectivity index (χ1n) is 9.88. The van der Waals surface area contributed by atoms with Gasteiger partial charge in [-0.25, -0.2) is 8.42 Å². The number of nitrogens with one attached hydrogen (secondary N) is 1. The van der Waals surface area contributed by atoms with E-state index in [0.29, 0.717) is 0 Å². The Morgan fingerprint density at radius 1 is 1.15 bits per heavy atom. The van der Waals surface area contributed by atoms with E-state index >= 15 is 0 Å². The molecule has 0 unspecified atom stereocenters. The summed E-state index contributed by atoms with van der Waals surface area (Å²) in [6.45, 7) is 7.90. The Morgan fingerprint density at radius 2 is 1.78 bits per heavy atom. The minimum atomic E-state index is -3.42. The highest BCUT2D eigenvalue weighted by Crippen LogP contribution is 2.25. The van der Waals surface area contributed by atoms with Gasteiger partial charge in [-0.05, 0) is 57.4 Å². The minimum Gasteiger partial charge on any atom is -0.372 e. The maximum atomic E-state index is 12.6. The van der Waals surface area contributed by atoms with Crippen LogP contribution in [0.1, 0.15) is 51.5 Å². The second-order valence-electron chi connectivity index (χ2n) is 7.32. The molecule has 152 valence electrons. The van der Waals surface area contributed by atoms with Gasteiger partial charge in [-0.3, -0.25) is 4.79 Å². The second-order valence-corrected chi connectivity index (χ2v) is 9.25. The Kier molecular flexibility index (Phi) is 7.68. The van der Waals surface area contributed by atoms with Gasteiger partial charge in [0, 0.05) is 30.5 Å². The molecular formula is C20H33N3O3S. The molecule has 27 heavy (non-hydrogen) atoms. The molecule has 0 spiro atoms. The Labute approximate surface area is 164 Å². The van der Waals surface area contributed by atoms with E-state index in [9.17, 15) is 13.2 Å². The quantitative estimate of drug-likeness (QED) is 0.733. The van der Waals surface area contributed by atoms with Gasteiger partial charge in [0.25, 0.3) is 0 Å². The van der Waals surface area contributed by atoms with Crippen molar-refractivity contribution in [2.24, 2.45) is 0 Å². The van der Waals surface area contributed by atoms with Gasteiger partial charge in [0.2, 0.25) is 15.9 Å². The Morgan fingerprint density at radius 3 is 2.30 bits per heavy atom. The fourth-order valence-corrected chi connectivity index (χ4v) is 4.90. The van der Waals surface area contributed by atoms with E-state index in [4.69, 9.17) is 0 Å². The topological polar surface area (TPSA) is 69.7 Å². The molecule has 1 aliphatic rings. The van der Waals surface area contributed by atoms with Gasteiger partial charge in [0.1, 0.15) is 0 Å². The highest BCUT2D eigenvalue weighted by molar-refractivity contribution is 7.88. The third kappa shape index (κ3) is 5.94. The van der Waals surface area contributed by atoms with Crippen LogP contribution in [0.2, 0.25) is 0 Å². The van der Waals surface area contributed by atoms with Crippen molar-refractivity contribution in [1.82, 2.24) is 4.31 Å². The fourth-order valence-electron chi connectivity index (χ4n) is 3.79. The van der Waals surface area contributed by atoms with Crippen LogP contribution in [-0.4, -0.2) is 50.6 Å². The maximum Gasteiger partial charge on any atom is 0.239 e. The van der Waals surface area contributed by atoms with Gasteiger partial charge < -0.3 is 10.2 Å². The number of hydrogen-bond donors (Lipinski definition) is 1. The Bertz CT molecular complexity index is 739. The van der Waals surface area contributed by atoms with Crippen LogP contribution in [0.15, 0.2) is 18.2 Å². The highest BCUT2D eigenvalue weighted by atomic mass is 32.2. The van der Waals surface area contributed by atoms with E-state index in [2.05, 4.69) is 30.1 Å². The predicted octanol–water partition coefficient (Wildman–Crippen LogP) is 3.37. The number of carbonyl (C=O) groups excluding carboxylic acids is 1. The largest absolute Gasteiger partial charge is 0.372 e. The summed E-state index contributed by atoms with van der Waals surface area (Å²) in [5, 5.41) is 2.89. The van der Waals surface area contributed by atoms with E-state index in [1.165, 1.54) is 10.6 Å².